The number of carbonyl (C=O) groups is 1. The van der Waals surface area contributed by atoms with Crippen molar-refractivity contribution in [1.82, 2.24) is 25.1 Å². The summed E-state index contributed by atoms with van der Waals surface area (Å²) in [6, 6.07) is 10.3. The van der Waals surface area contributed by atoms with Crippen LogP contribution in [0.25, 0.3) is 0 Å². The lowest BCUT2D eigenvalue weighted by molar-refractivity contribution is 0.193. The largest absolute Gasteiger partial charge is 0.337 e. The average molecular weight is 383 g/mol. The van der Waals surface area contributed by atoms with Gasteiger partial charge in [-0.2, -0.15) is 0 Å². The molecule has 150 valence electrons. The molecule has 2 amide bonds. The van der Waals surface area contributed by atoms with Crippen molar-refractivity contribution in [3.63, 3.8) is 0 Å². The number of piperazine rings is 1. The van der Waals surface area contributed by atoms with Crippen molar-refractivity contribution < 1.29 is 4.79 Å². The molecular weight excluding hydrogens is 352 g/mol. The van der Waals surface area contributed by atoms with Crippen molar-refractivity contribution in [3.05, 3.63) is 53.9 Å². The second-order valence-corrected chi connectivity index (χ2v) is 6.96. The van der Waals surface area contributed by atoms with E-state index < -0.39 is 0 Å². The van der Waals surface area contributed by atoms with Gasteiger partial charge in [-0.25, -0.2) is 14.8 Å². The highest BCUT2D eigenvalue weighted by Gasteiger charge is 2.22. The third-order valence-corrected chi connectivity index (χ3v) is 5.17. The minimum absolute atomic E-state index is 0.0131. The highest BCUT2D eigenvalue weighted by molar-refractivity contribution is 5.74. The number of aromatic nitrogens is 2. The first-order chi connectivity index (χ1) is 13.7. The van der Waals surface area contributed by atoms with Crippen LogP contribution in [0.15, 0.2) is 42.7 Å². The fourth-order valence-corrected chi connectivity index (χ4v) is 3.32. The molecule has 0 radical (unpaired) electrons. The van der Waals surface area contributed by atoms with Crippen LogP contribution in [0.5, 0.6) is 0 Å². The lowest BCUT2D eigenvalue weighted by Crippen LogP contribution is -2.52. The van der Waals surface area contributed by atoms with Crippen molar-refractivity contribution >= 4 is 12.0 Å². The fourth-order valence-electron chi connectivity index (χ4n) is 3.32. The molecule has 0 saturated carbocycles. The third-order valence-electron chi connectivity index (χ3n) is 5.17. The first-order valence-electron chi connectivity index (χ1n) is 10.0. The van der Waals surface area contributed by atoms with E-state index in [0.717, 1.165) is 44.2 Å². The van der Waals surface area contributed by atoms with Gasteiger partial charge in [-0.05, 0) is 30.3 Å². The van der Waals surface area contributed by atoms with E-state index in [9.17, 15) is 4.79 Å². The Hall–Kier alpha value is -2.67. The van der Waals surface area contributed by atoms with Crippen LogP contribution in [0.3, 0.4) is 0 Å². The second-order valence-electron chi connectivity index (χ2n) is 6.96. The second kappa shape index (κ2) is 10.0. The van der Waals surface area contributed by atoms with E-state index in [1.165, 1.54) is 5.56 Å². The Bertz CT molecular complexity index is 724. The standard InChI is InChI=1S/C21H30N6O/c1-3-25(4-2)17-19-8-6-18(7-9-19)16-24-21(28)27-14-12-26(13-15-27)20-22-10-5-11-23-20/h5-11H,3-4,12-17H2,1-2H3,(H,24,28). The minimum Gasteiger partial charge on any atom is -0.337 e. The average Bonchev–Trinajstić information content (AvgIpc) is 2.77. The summed E-state index contributed by atoms with van der Waals surface area (Å²) in [5, 5.41) is 3.03. The Morgan fingerprint density at radius 2 is 1.61 bits per heavy atom. The molecule has 1 aromatic heterocycles. The van der Waals surface area contributed by atoms with Gasteiger partial charge in [0.2, 0.25) is 5.95 Å². The molecule has 28 heavy (non-hydrogen) atoms. The molecule has 1 aromatic carbocycles. The summed E-state index contributed by atoms with van der Waals surface area (Å²) in [4.78, 5) is 27.4. The van der Waals surface area contributed by atoms with Gasteiger partial charge in [0.25, 0.3) is 0 Å². The fraction of sp³-hybridized carbons (Fsp3) is 0.476. The molecule has 0 aliphatic carbocycles. The van der Waals surface area contributed by atoms with Crippen LogP contribution in [-0.4, -0.2) is 65.1 Å². The van der Waals surface area contributed by atoms with Crippen LogP contribution in [0, 0.1) is 0 Å². The van der Waals surface area contributed by atoms with Crippen LogP contribution in [0.4, 0.5) is 10.7 Å². The number of rotatable bonds is 7. The maximum atomic E-state index is 12.5. The van der Waals surface area contributed by atoms with Crippen LogP contribution < -0.4 is 10.2 Å². The molecule has 3 rings (SSSR count). The van der Waals surface area contributed by atoms with Crippen molar-refractivity contribution in [2.24, 2.45) is 0 Å². The maximum Gasteiger partial charge on any atom is 0.317 e. The molecule has 1 aliphatic heterocycles. The molecule has 1 saturated heterocycles. The quantitative estimate of drug-likeness (QED) is 0.796. The van der Waals surface area contributed by atoms with Crippen molar-refractivity contribution in [2.75, 3.05) is 44.2 Å². The Labute approximate surface area is 167 Å². The maximum absolute atomic E-state index is 12.5. The summed E-state index contributed by atoms with van der Waals surface area (Å²) in [5.74, 6) is 0.729. The Balaban J connectivity index is 1.43. The van der Waals surface area contributed by atoms with Gasteiger partial charge >= 0.3 is 6.03 Å². The van der Waals surface area contributed by atoms with Gasteiger partial charge in [0.1, 0.15) is 0 Å². The van der Waals surface area contributed by atoms with Gasteiger partial charge in [0.05, 0.1) is 0 Å². The molecule has 0 unspecified atom stereocenters. The number of nitrogens with one attached hydrogen (secondary N) is 1. The Morgan fingerprint density at radius 1 is 1.00 bits per heavy atom. The molecule has 2 aromatic rings. The van der Waals surface area contributed by atoms with E-state index in [0.29, 0.717) is 19.6 Å². The summed E-state index contributed by atoms with van der Waals surface area (Å²) < 4.78 is 0. The van der Waals surface area contributed by atoms with E-state index in [2.05, 4.69) is 63.2 Å². The van der Waals surface area contributed by atoms with E-state index in [1.54, 1.807) is 12.4 Å². The van der Waals surface area contributed by atoms with E-state index >= 15 is 0 Å². The number of anilines is 1. The van der Waals surface area contributed by atoms with Gasteiger partial charge in [0.15, 0.2) is 0 Å². The summed E-state index contributed by atoms with van der Waals surface area (Å²) in [7, 11) is 0. The number of nitrogens with zero attached hydrogens (tertiary/aromatic N) is 5. The first kappa shape index (κ1) is 20.1. The van der Waals surface area contributed by atoms with Gasteiger partial charge in [-0.3, -0.25) is 4.90 Å². The number of urea groups is 1. The van der Waals surface area contributed by atoms with E-state index in [4.69, 9.17) is 0 Å². The smallest absolute Gasteiger partial charge is 0.317 e. The molecule has 1 aliphatic rings. The normalized spacial score (nSPS) is 14.4. The predicted octanol–water partition coefficient (Wildman–Crippen LogP) is 2.35. The summed E-state index contributed by atoms with van der Waals surface area (Å²) in [6.07, 6.45) is 3.49. The lowest BCUT2D eigenvalue weighted by Gasteiger charge is -2.34. The molecule has 0 bridgehead atoms. The molecule has 0 spiro atoms. The van der Waals surface area contributed by atoms with Crippen LogP contribution in [0.2, 0.25) is 0 Å². The number of hydrogen-bond donors (Lipinski definition) is 1. The van der Waals surface area contributed by atoms with Gasteiger partial charge in [-0.1, -0.05) is 38.1 Å². The van der Waals surface area contributed by atoms with Crippen molar-refractivity contribution in [3.8, 4) is 0 Å². The zero-order chi connectivity index (χ0) is 19.8. The highest BCUT2D eigenvalue weighted by atomic mass is 16.2. The highest BCUT2D eigenvalue weighted by Crippen LogP contribution is 2.11. The summed E-state index contributed by atoms with van der Waals surface area (Å²) in [5.41, 5.74) is 2.42. The van der Waals surface area contributed by atoms with Crippen LogP contribution >= 0.6 is 0 Å². The van der Waals surface area contributed by atoms with Crippen LogP contribution in [0.1, 0.15) is 25.0 Å². The third kappa shape index (κ3) is 5.42. The minimum atomic E-state index is -0.0131. The molecule has 7 heteroatoms. The van der Waals surface area contributed by atoms with Gasteiger partial charge < -0.3 is 15.1 Å². The summed E-state index contributed by atoms with van der Waals surface area (Å²) in [6.45, 7) is 10.8. The molecule has 2 heterocycles. The van der Waals surface area contributed by atoms with Crippen LogP contribution in [-0.2, 0) is 13.1 Å². The van der Waals surface area contributed by atoms with E-state index in [1.807, 2.05) is 11.0 Å². The monoisotopic (exact) mass is 382 g/mol. The molecular formula is C21H30N6O. The topological polar surface area (TPSA) is 64.6 Å². The van der Waals surface area contributed by atoms with Crippen molar-refractivity contribution in [2.45, 2.75) is 26.9 Å². The zero-order valence-electron chi connectivity index (χ0n) is 16.8. The van der Waals surface area contributed by atoms with Gasteiger partial charge in [-0.15, -0.1) is 0 Å². The Morgan fingerprint density at radius 3 is 2.21 bits per heavy atom. The SMILES string of the molecule is CCN(CC)Cc1ccc(CNC(=O)N2CCN(c3ncccn3)CC2)cc1. The lowest BCUT2D eigenvalue weighted by atomic mass is 10.1. The number of benzene rings is 1. The zero-order valence-corrected chi connectivity index (χ0v) is 16.8. The molecule has 1 N–H and O–H groups in total. The van der Waals surface area contributed by atoms with Gasteiger partial charge in [0, 0.05) is 51.7 Å². The number of hydrogen-bond acceptors (Lipinski definition) is 5. The van der Waals surface area contributed by atoms with E-state index in [-0.39, 0.29) is 6.03 Å². The molecule has 0 atom stereocenters. The van der Waals surface area contributed by atoms with Crippen molar-refractivity contribution in [1.29, 1.82) is 0 Å². The first-order valence-corrected chi connectivity index (χ1v) is 10.0. The molecule has 7 nitrogen and oxygen atoms in total. The predicted molar refractivity (Wildman–Crippen MR) is 111 cm³/mol. The molecule has 1 fully saturated rings. The number of amides is 2. The number of carbonyl (C=O) groups excluding carboxylic acids is 1. The summed E-state index contributed by atoms with van der Waals surface area (Å²) >= 11 is 0. The Kier molecular flexibility index (Phi) is 7.19.